The maximum atomic E-state index is 12.5. The van der Waals surface area contributed by atoms with Crippen molar-refractivity contribution >= 4 is 33.6 Å². The van der Waals surface area contributed by atoms with E-state index < -0.39 is 71.2 Å². The van der Waals surface area contributed by atoms with Crippen LogP contribution in [-0.4, -0.2) is 89.2 Å². The van der Waals surface area contributed by atoms with Crippen LogP contribution in [0.1, 0.15) is 34.6 Å². The Morgan fingerprint density at radius 3 is 1.49 bits per heavy atom. The topological polar surface area (TPSA) is 185 Å². The van der Waals surface area contributed by atoms with Gasteiger partial charge in [-0.2, -0.15) is 8.42 Å². The maximum Gasteiger partial charge on any atom is 0.342 e. The summed E-state index contributed by atoms with van der Waals surface area (Å²) in [6, 6.07) is 10.9. The molecule has 2 aromatic carbocycles. The van der Waals surface area contributed by atoms with E-state index in [4.69, 9.17) is 9.47 Å². The smallest absolute Gasteiger partial charge is 0.342 e. The molecule has 200 valence electrons. The first kappa shape index (κ1) is 29.4. The maximum absolute atomic E-state index is 12.5. The van der Waals surface area contributed by atoms with Crippen molar-refractivity contribution in [3.63, 3.8) is 0 Å². The molecule has 12 nitrogen and oxygen atoms in total. The average Bonchev–Trinajstić information content (AvgIpc) is 2.81. The van der Waals surface area contributed by atoms with E-state index >= 15 is 0 Å². The molecule has 0 fully saturated rings. The Balaban J connectivity index is 2.25. The van der Waals surface area contributed by atoms with Crippen molar-refractivity contribution in [1.29, 1.82) is 0 Å². The molecule has 13 heteroatoms. The highest BCUT2D eigenvalue weighted by molar-refractivity contribution is 7.85. The molecule has 2 aromatic rings. The van der Waals surface area contributed by atoms with Crippen LogP contribution in [0.4, 0.5) is 0 Å². The number of benzene rings is 2. The van der Waals surface area contributed by atoms with Gasteiger partial charge in [0.25, 0.3) is 10.1 Å². The van der Waals surface area contributed by atoms with Crippen LogP contribution in [0.3, 0.4) is 0 Å². The highest BCUT2D eigenvalue weighted by Gasteiger charge is 2.30. The van der Waals surface area contributed by atoms with Gasteiger partial charge < -0.3 is 19.7 Å². The number of ether oxygens (including phenoxy) is 2. The van der Waals surface area contributed by atoms with E-state index in [0.717, 1.165) is 13.8 Å². The molecule has 2 rings (SSSR count). The molecule has 2 unspecified atom stereocenters. The molecule has 0 heterocycles. The predicted molar refractivity (Wildman–Crippen MR) is 129 cm³/mol. The zero-order chi connectivity index (χ0) is 27.8. The van der Waals surface area contributed by atoms with Gasteiger partial charge in [-0.3, -0.25) is 19.0 Å². The number of ketones is 2. The van der Waals surface area contributed by atoms with Crippen molar-refractivity contribution in [3.05, 3.63) is 59.7 Å². The average molecular weight is 538 g/mol. The molecule has 0 aromatic heterocycles. The minimum Gasteiger partial charge on any atom is -0.507 e. The second-order valence-electron chi connectivity index (χ2n) is 8.09. The first-order valence-corrected chi connectivity index (χ1v) is 12.6. The monoisotopic (exact) mass is 537 g/mol. The third-order valence-electron chi connectivity index (χ3n) is 5.17. The van der Waals surface area contributed by atoms with Gasteiger partial charge in [-0.15, -0.1) is 0 Å². The quantitative estimate of drug-likeness (QED) is 0.245. The van der Waals surface area contributed by atoms with Crippen molar-refractivity contribution < 1.29 is 51.8 Å². The van der Waals surface area contributed by atoms with Crippen molar-refractivity contribution in [2.45, 2.75) is 26.1 Å². The molecule has 0 aliphatic heterocycles. The number of hydrogen-bond acceptors (Lipinski definition) is 11. The second-order valence-corrected chi connectivity index (χ2v) is 9.66. The lowest BCUT2D eigenvalue weighted by atomic mass is 10.1. The SMILES string of the molecule is CC(=O)C(CN(CCS(=O)(=O)O)CC(OC(=O)c1ccccc1O)C(C)=O)OC(=O)c1ccccc1O. The first-order chi connectivity index (χ1) is 17.3. The van der Waals surface area contributed by atoms with Crippen LogP contribution in [0, 0.1) is 0 Å². The molecule has 3 N–H and O–H groups in total. The van der Waals surface area contributed by atoms with Gasteiger partial charge in [0.05, 0.1) is 5.75 Å². The van der Waals surface area contributed by atoms with Crippen molar-refractivity contribution in [1.82, 2.24) is 4.90 Å². The van der Waals surface area contributed by atoms with Gasteiger partial charge in [0.15, 0.2) is 23.8 Å². The van der Waals surface area contributed by atoms with Crippen molar-refractivity contribution in [2.75, 3.05) is 25.4 Å². The summed E-state index contributed by atoms with van der Waals surface area (Å²) in [5, 5.41) is 19.7. The largest absolute Gasteiger partial charge is 0.507 e. The zero-order valence-corrected chi connectivity index (χ0v) is 20.9. The van der Waals surface area contributed by atoms with Crippen LogP contribution in [0.2, 0.25) is 0 Å². The molecule has 0 aliphatic rings. The Hall–Kier alpha value is -3.81. The minimum absolute atomic E-state index is 0.212. The number of hydrogen-bond donors (Lipinski definition) is 3. The third kappa shape index (κ3) is 9.29. The molecule has 0 radical (unpaired) electrons. The van der Waals surface area contributed by atoms with E-state index in [-0.39, 0.29) is 22.6 Å². The summed E-state index contributed by atoms with van der Waals surface area (Å²) in [5.74, 6) is -4.89. The molecule has 0 saturated carbocycles. The minimum atomic E-state index is -4.47. The molecule has 0 amide bonds. The Bertz CT molecular complexity index is 1180. The molecule has 0 saturated heterocycles. The van der Waals surface area contributed by atoms with E-state index in [1.54, 1.807) is 0 Å². The summed E-state index contributed by atoms with van der Waals surface area (Å²) >= 11 is 0. The summed E-state index contributed by atoms with van der Waals surface area (Å²) in [6.45, 7) is 0.952. The highest BCUT2D eigenvalue weighted by atomic mass is 32.2. The number of nitrogens with zero attached hydrogens (tertiary/aromatic N) is 1. The Kier molecular flexibility index (Phi) is 10.3. The number of carbonyl (C=O) groups excluding carboxylic acids is 4. The fraction of sp³-hybridized carbons (Fsp3) is 0.333. The molecule has 37 heavy (non-hydrogen) atoms. The van der Waals surface area contributed by atoms with Crippen LogP contribution < -0.4 is 0 Å². The Morgan fingerprint density at radius 2 is 1.16 bits per heavy atom. The van der Waals surface area contributed by atoms with Crippen LogP contribution in [-0.2, 0) is 29.2 Å². The standard InChI is InChI=1S/C24H27NO11S/c1-15(26)21(35-23(30)17-7-3-5-9-19(17)28)13-25(11-12-37(32,33)34)14-22(16(2)27)36-24(31)18-8-4-6-10-20(18)29/h3-10,21-22,28-29H,11-14H2,1-2H3,(H,32,33,34). The van der Waals surface area contributed by atoms with Crippen LogP contribution in [0.15, 0.2) is 48.5 Å². The number of carbonyl (C=O) groups is 4. The van der Waals surface area contributed by atoms with Crippen molar-refractivity contribution in [2.24, 2.45) is 0 Å². The summed E-state index contributed by atoms with van der Waals surface area (Å²) in [4.78, 5) is 50.7. The number of phenolic OH excluding ortho intramolecular Hbond substituents is 2. The van der Waals surface area contributed by atoms with Crippen LogP contribution in [0.25, 0.3) is 0 Å². The van der Waals surface area contributed by atoms with Crippen molar-refractivity contribution in [3.8, 4) is 11.5 Å². The molecule has 0 spiro atoms. The van der Waals surface area contributed by atoms with Gasteiger partial charge >= 0.3 is 11.9 Å². The number of rotatable bonds is 13. The fourth-order valence-corrected chi connectivity index (χ4v) is 3.63. The molecule has 0 bridgehead atoms. The van der Waals surface area contributed by atoms with Gasteiger partial charge in [0.2, 0.25) is 0 Å². The zero-order valence-electron chi connectivity index (χ0n) is 20.1. The predicted octanol–water partition coefficient (Wildman–Crippen LogP) is 1.22. The second kappa shape index (κ2) is 12.9. The summed E-state index contributed by atoms with van der Waals surface area (Å²) in [5.41, 5.74) is -0.423. The lowest BCUT2D eigenvalue weighted by Gasteiger charge is -2.28. The number of Topliss-reactive ketones (excluding diaryl/α,β-unsaturated/α-hetero) is 2. The van der Waals surface area contributed by atoms with Gasteiger partial charge in [0, 0.05) is 19.6 Å². The molecular weight excluding hydrogens is 510 g/mol. The number of para-hydroxylation sites is 2. The molecule has 2 atom stereocenters. The number of aromatic hydroxyl groups is 2. The third-order valence-corrected chi connectivity index (χ3v) is 5.87. The van der Waals surface area contributed by atoms with Crippen LogP contribution in [0.5, 0.6) is 11.5 Å². The lowest BCUT2D eigenvalue weighted by molar-refractivity contribution is -0.128. The number of phenols is 2. The highest BCUT2D eigenvalue weighted by Crippen LogP contribution is 2.19. The Labute approximate surface area is 213 Å². The number of esters is 2. The summed E-state index contributed by atoms with van der Waals surface area (Å²) in [6.07, 6.45) is -2.93. The summed E-state index contributed by atoms with van der Waals surface area (Å²) < 4.78 is 42.3. The van der Waals surface area contributed by atoms with Gasteiger partial charge in [0.1, 0.15) is 22.6 Å². The first-order valence-electron chi connectivity index (χ1n) is 10.9. The van der Waals surface area contributed by atoms with E-state index in [9.17, 15) is 42.4 Å². The fourth-order valence-electron chi connectivity index (χ4n) is 3.15. The molecular formula is C24H27NO11S. The summed E-state index contributed by atoms with van der Waals surface area (Å²) in [7, 11) is -4.47. The normalized spacial score (nSPS) is 13.0. The lowest BCUT2D eigenvalue weighted by Crippen LogP contribution is -2.46. The Morgan fingerprint density at radius 1 is 0.784 bits per heavy atom. The van der Waals surface area contributed by atoms with Crippen LogP contribution >= 0.6 is 0 Å². The van der Waals surface area contributed by atoms with Gasteiger partial charge in [-0.05, 0) is 38.1 Å². The van der Waals surface area contributed by atoms with E-state index in [0.29, 0.717) is 0 Å². The van der Waals surface area contributed by atoms with E-state index in [1.165, 1.54) is 53.4 Å². The van der Waals surface area contributed by atoms with Gasteiger partial charge in [-0.1, -0.05) is 24.3 Å². The van der Waals surface area contributed by atoms with E-state index in [1.807, 2.05) is 0 Å². The molecule has 0 aliphatic carbocycles. The van der Waals surface area contributed by atoms with E-state index in [2.05, 4.69) is 0 Å². The van der Waals surface area contributed by atoms with Gasteiger partial charge in [-0.25, -0.2) is 9.59 Å².